The molecule has 2 heterocycles. The van der Waals surface area contributed by atoms with E-state index in [1.54, 1.807) is 38.2 Å². The van der Waals surface area contributed by atoms with Gasteiger partial charge in [-0.15, -0.1) is 12.4 Å². The number of benzene rings is 1. The summed E-state index contributed by atoms with van der Waals surface area (Å²) in [4.78, 5) is 28.2. The van der Waals surface area contributed by atoms with Gasteiger partial charge in [-0.05, 0) is 31.0 Å². The molecule has 2 aliphatic heterocycles. The van der Waals surface area contributed by atoms with Crippen LogP contribution in [0.25, 0.3) is 0 Å². The molecule has 3 rings (SSSR count). The van der Waals surface area contributed by atoms with Crippen molar-refractivity contribution in [2.24, 2.45) is 5.10 Å². The number of halogens is 1. The molecule has 1 fully saturated rings. The molecule has 0 bridgehead atoms. The Morgan fingerprint density at radius 3 is 2.40 bits per heavy atom. The number of amides is 2. The third kappa shape index (κ3) is 5.43. The average molecular weight is 439 g/mol. The van der Waals surface area contributed by atoms with Crippen LogP contribution in [0.15, 0.2) is 23.3 Å². The van der Waals surface area contributed by atoms with Crippen molar-refractivity contribution in [3.05, 3.63) is 23.8 Å². The molecule has 0 N–H and O–H groups in total. The van der Waals surface area contributed by atoms with Crippen LogP contribution in [0.5, 0.6) is 11.5 Å². The minimum absolute atomic E-state index is 0. The molecule has 30 heavy (non-hydrogen) atoms. The highest BCUT2D eigenvalue weighted by Crippen LogP contribution is 2.30. The maximum Gasteiger partial charge on any atom is 0.243 e. The number of likely N-dealkylation sites (tertiary alicyclic amines) is 1. The van der Waals surface area contributed by atoms with Gasteiger partial charge in [0.15, 0.2) is 11.5 Å². The lowest BCUT2D eigenvalue weighted by Gasteiger charge is -2.37. The molecule has 0 atom stereocenters. The first-order chi connectivity index (χ1) is 13.9. The molecule has 8 nitrogen and oxygen atoms in total. The van der Waals surface area contributed by atoms with Gasteiger partial charge in [0.05, 0.1) is 32.5 Å². The molecule has 2 aliphatic rings. The van der Waals surface area contributed by atoms with E-state index in [1.165, 1.54) is 0 Å². The number of hydrogen-bond donors (Lipinski definition) is 0. The molecular weight excluding hydrogens is 408 g/mol. The first-order valence-corrected chi connectivity index (χ1v) is 9.97. The number of rotatable bonds is 6. The van der Waals surface area contributed by atoms with Crippen LogP contribution in [-0.2, 0) is 9.59 Å². The van der Waals surface area contributed by atoms with E-state index in [-0.39, 0.29) is 30.3 Å². The van der Waals surface area contributed by atoms with Crippen molar-refractivity contribution >= 4 is 29.9 Å². The number of carbonyl (C=O) groups is 2. The first-order valence-electron chi connectivity index (χ1n) is 9.97. The van der Waals surface area contributed by atoms with Gasteiger partial charge in [0.1, 0.15) is 0 Å². The van der Waals surface area contributed by atoms with Gasteiger partial charge in [-0.3, -0.25) is 14.5 Å². The molecule has 2 amide bonds. The van der Waals surface area contributed by atoms with Crippen LogP contribution in [0.3, 0.4) is 0 Å². The number of methoxy groups -OCH3 is 2. The maximum absolute atomic E-state index is 12.5. The number of likely N-dealkylation sites (N-methyl/N-ethyl adjacent to an activating group) is 1. The van der Waals surface area contributed by atoms with E-state index >= 15 is 0 Å². The smallest absolute Gasteiger partial charge is 0.243 e. The summed E-state index contributed by atoms with van der Waals surface area (Å²) < 4.78 is 10.7. The maximum atomic E-state index is 12.5. The summed E-state index contributed by atoms with van der Waals surface area (Å²) in [5, 5.41) is 6.38. The first kappa shape index (κ1) is 24.0. The zero-order valence-corrected chi connectivity index (χ0v) is 18.9. The standard InChI is InChI=1S/C21H30N4O4.ClH/c1-23(2)21(27)14-24-11-9-16(10-12-24)25-20(26)8-6-17(22-25)15-5-7-18(28-3)19(13-15)29-4;/h5,7,13,16H,6,8-12,14H2,1-4H3;1H. The summed E-state index contributed by atoms with van der Waals surface area (Å²) in [7, 11) is 6.75. The zero-order valence-electron chi connectivity index (χ0n) is 18.1. The number of carbonyl (C=O) groups excluding carboxylic acids is 2. The summed E-state index contributed by atoms with van der Waals surface area (Å²) in [5.41, 5.74) is 1.82. The average Bonchev–Trinajstić information content (AvgIpc) is 2.74. The molecule has 1 aromatic rings. The Kier molecular flexibility index (Phi) is 8.49. The molecular formula is C21H31ClN4O4. The van der Waals surface area contributed by atoms with Gasteiger partial charge in [-0.2, -0.15) is 5.10 Å². The minimum Gasteiger partial charge on any atom is -0.493 e. The van der Waals surface area contributed by atoms with Gasteiger partial charge in [0, 0.05) is 45.6 Å². The largest absolute Gasteiger partial charge is 0.493 e. The van der Waals surface area contributed by atoms with E-state index < -0.39 is 0 Å². The number of nitrogens with zero attached hydrogens (tertiary/aromatic N) is 4. The van der Waals surface area contributed by atoms with Crippen molar-refractivity contribution < 1.29 is 19.1 Å². The molecule has 0 saturated carbocycles. The van der Waals surface area contributed by atoms with Crippen molar-refractivity contribution in [2.75, 3.05) is 47.9 Å². The van der Waals surface area contributed by atoms with E-state index in [9.17, 15) is 9.59 Å². The van der Waals surface area contributed by atoms with Crippen LogP contribution in [0, 0.1) is 0 Å². The number of hydrazone groups is 1. The van der Waals surface area contributed by atoms with Crippen LogP contribution >= 0.6 is 12.4 Å². The van der Waals surface area contributed by atoms with Crippen LogP contribution in [0.4, 0.5) is 0 Å². The monoisotopic (exact) mass is 438 g/mol. The van der Waals surface area contributed by atoms with Gasteiger partial charge in [0.25, 0.3) is 0 Å². The number of ether oxygens (including phenoxy) is 2. The highest BCUT2D eigenvalue weighted by molar-refractivity contribution is 6.04. The lowest BCUT2D eigenvalue weighted by atomic mass is 10.0. The third-order valence-electron chi connectivity index (χ3n) is 5.54. The molecule has 0 aliphatic carbocycles. The van der Waals surface area contributed by atoms with Crippen LogP contribution in [-0.4, -0.2) is 86.3 Å². The van der Waals surface area contributed by atoms with E-state index in [0.717, 1.165) is 37.2 Å². The zero-order chi connectivity index (χ0) is 21.0. The predicted molar refractivity (Wildman–Crippen MR) is 118 cm³/mol. The Balaban J connectivity index is 0.00000320. The summed E-state index contributed by atoms with van der Waals surface area (Å²) in [5.74, 6) is 1.48. The van der Waals surface area contributed by atoms with Crippen LogP contribution in [0.1, 0.15) is 31.2 Å². The highest BCUT2D eigenvalue weighted by atomic mass is 35.5. The SMILES string of the molecule is COc1ccc(C2=NN(C3CCN(CC(=O)N(C)C)CC3)C(=O)CC2)cc1OC.Cl. The van der Waals surface area contributed by atoms with Gasteiger partial charge >= 0.3 is 0 Å². The van der Waals surface area contributed by atoms with E-state index in [0.29, 0.717) is 30.9 Å². The van der Waals surface area contributed by atoms with Crippen molar-refractivity contribution in [1.82, 2.24) is 14.8 Å². The minimum atomic E-state index is 0. The fourth-order valence-corrected chi connectivity index (χ4v) is 3.73. The Hall–Kier alpha value is -2.32. The summed E-state index contributed by atoms with van der Waals surface area (Å²) in [6.45, 7) is 2.00. The second kappa shape index (κ2) is 10.6. The van der Waals surface area contributed by atoms with Gasteiger partial charge in [-0.1, -0.05) is 0 Å². The Morgan fingerprint density at radius 2 is 1.80 bits per heavy atom. The third-order valence-corrected chi connectivity index (χ3v) is 5.54. The summed E-state index contributed by atoms with van der Waals surface area (Å²) in [6, 6.07) is 5.78. The lowest BCUT2D eigenvalue weighted by Crippen LogP contribution is -2.48. The molecule has 9 heteroatoms. The lowest BCUT2D eigenvalue weighted by molar-refractivity contribution is -0.136. The van der Waals surface area contributed by atoms with Crippen molar-refractivity contribution in [3.8, 4) is 11.5 Å². The van der Waals surface area contributed by atoms with Gasteiger partial charge in [-0.25, -0.2) is 5.01 Å². The van der Waals surface area contributed by atoms with Crippen molar-refractivity contribution in [2.45, 2.75) is 31.7 Å². The predicted octanol–water partition coefficient (Wildman–Crippen LogP) is 2.00. The Bertz CT molecular complexity index is 791. The molecule has 0 radical (unpaired) electrons. The van der Waals surface area contributed by atoms with Crippen molar-refractivity contribution in [1.29, 1.82) is 0 Å². The quantitative estimate of drug-likeness (QED) is 0.679. The second-order valence-corrected chi connectivity index (χ2v) is 7.65. The Labute approximate surface area is 184 Å². The second-order valence-electron chi connectivity index (χ2n) is 7.65. The molecule has 1 saturated heterocycles. The normalized spacial score (nSPS) is 17.8. The highest BCUT2D eigenvalue weighted by Gasteiger charge is 2.31. The molecule has 0 spiro atoms. The van der Waals surface area contributed by atoms with Gasteiger partial charge < -0.3 is 14.4 Å². The molecule has 166 valence electrons. The Morgan fingerprint density at radius 1 is 1.13 bits per heavy atom. The topological polar surface area (TPSA) is 74.7 Å². The molecule has 1 aromatic carbocycles. The van der Waals surface area contributed by atoms with E-state index in [1.807, 2.05) is 18.2 Å². The molecule has 0 aromatic heterocycles. The van der Waals surface area contributed by atoms with Crippen molar-refractivity contribution in [3.63, 3.8) is 0 Å². The van der Waals surface area contributed by atoms with Gasteiger partial charge in [0.2, 0.25) is 11.8 Å². The number of piperidine rings is 1. The van der Waals surface area contributed by atoms with Crippen LogP contribution in [0.2, 0.25) is 0 Å². The van der Waals surface area contributed by atoms with E-state index in [2.05, 4.69) is 4.90 Å². The fraction of sp³-hybridized carbons (Fsp3) is 0.571. The fourth-order valence-electron chi connectivity index (χ4n) is 3.73. The molecule has 0 unspecified atom stereocenters. The van der Waals surface area contributed by atoms with Crippen LogP contribution < -0.4 is 9.47 Å². The van der Waals surface area contributed by atoms with E-state index in [4.69, 9.17) is 14.6 Å². The summed E-state index contributed by atoms with van der Waals surface area (Å²) >= 11 is 0. The number of hydrogen-bond acceptors (Lipinski definition) is 6. The summed E-state index contributed by atoms with van der Waals surface area (Å²) in [6.07, 6.45) is 2.69.